The van der Waals surface area contributed by atoms with Crippen LogP contribution in [0.5, 0.6) is 11.5 Å². The molecule has 1 heterocycles. The smallest absolute Gasteiger partial charge is 0.257 e. The van der Waals surface area contributed by atoms with Crippen molar-refractivity contribution in [3.8, 4) is 11.5 Å². The molecule has 0 atom stereocenters. The van der Waals surface area contributed by atoms with Gasteiger partial charge >= 0.3 is 0 Å². The molecule has 0 unspecified atom stereocenters. The molecule has 102 valence electrons. The Labute approximate surface area is 116 Å². The minimum atomic E-state index is -0.283. The maximum atomic E-state index is 12.2. The second-order valence-electron chi connectivity index (χ2n) is 4.67. The first-order valence-electron chi connectivity index (χ1n) is 6.09. The normalized spacial score (nSPS) is 16.3. The third kappa shape index (κ3) is 2.96. The van der Waals surface area contributed by atoms with E-state index in [1.807, 2.05) is 0 Å². The Bertz CT molecular complexity index is 511. The van der Waals surface area contributed by atoms with Crippen LogP contribution >= 0.6 is 12.2 Å². The lowest BCUT2D eigenvalue weighted by atomic mass is 9.96. The first kappa shape index (κ1) is 13.6. The van der Waals surface area contributed by atoms with Crippen molar-refractivity contribution in [2.24, 2.45) is 11.7 Å². The number of aromatic hydroxyl groups is 2. The quantitative estimate of drug-likeness (QED) is 0.560. The highest BCUT2D eigenvalue weighted by Gasteiger charge is 2.26. The number of rotatable bonds is 2. The molecule has 1 aromatic carbocycles. The van der Waals surface area contributed by atoms with Gasteiger partial charge in [0.1, 0.15) is 11.5 Å². The van der Waals surface area contributed by atoms with Gasteiger partial charge in [0.15, 0.2) is 0 Å². The molecule has 0 aliphatic carbocycles. The monoisotopic (exact) mass is 280 g/mol. The lowest BCUT2D eigenvalue weighted by Gasteiger charge is -2.31. The number of phenolic OH excluding ortho intramolecular Hbond substituents is 2. The third-order valence-corrected chi connectivity index (χ3v) is 3.73. The van der Waals surface area contributed by atoms with Crippen LogP contribution < -0.4 is 5.73 Å². The maximum absolute atomic E-state index is 12.2. The summed E-state index contributed by atoms with van der Waals surface area (Å²) in [5.41, 5.74) is 5.72. The van der Waals surface area contributed by atoms with Crippen molar-refractivity contribution in [3.05, 3.63) is 23.8 Å². The maximum Gasteiger partial charge on any atom is 0.257 e. The van der Waals surface area contributed by atoms with Gasteiger partial charge < -0.3 is 20.8 Å². The molecule has 1 aliphatic rings. The van der Waals surface area contributed by atoms with E-state index in [9.17, 15) is 15.0 Å². The number of carbonyl (C=O) groups excluding carboxylic acids is 1. The molecule has 1 aromatic rings. The molecule has 1 saturated heterocycles. The van der Waals surface area contributed by atoms with E-state index in [4.69, 9.17) is 18.0 Å². The van der Waals surface area contributed by atoms with E-state index >= 15 is 0 Å². The first-order valence-corrected chi connectivity index (χ1v) is 6.50. The standard InChI is InChI=1S/C13H16N2O3S/c14-12(19)8-3-5-15(6-4-8)13(18)10-7-9(16)1-2-11(10)17/h1-2,7-8,16-17H,3-6H2,(H2,14,19). The van der Waals surface area contributed by atoms with E-state index in [0.29, 0.717) is 18.1 Å². The largest absolute Gasteiger partial charge is 0.508 e. The summed E-state index contributed by atoms with van der Waals surface area (Å²) in [6.45, 7) is 1.10. The molecule has 0 bridgehead atoms. The zero-order valence-corrected chi connectivity index (χ0v) is 11.2. The van der Waals surface area contributed by atoms with Crippen LogP contribution in [0.3, 0.4) is 0 Å². The van der Waals surface area contributed by atoms with E-state index in [1.54, 1.807) is 4.90 Å². The van der Waals surface area contributed by atoms with Gasteiger partial charge in [-0.15, -0.1) is 0 Å². The van der Waals surface area contributed by atoms with Gasteiger partial charge in [0, 0.05) is 19.0 Å². The predicted molar refractivity (Wildman–Crippen MR) is 75.2 cm³/mol. The van der Waals surface area contributed by atoms with Crippen LogP contribution in [0.1, 0.15) is 23.2 Å². The summed E-state index contributed by atoms with van der Waals surface area (Å²) in [6, 6.07) is 3.92. The van der Waals surface area contributed by atoms with Gasteiger partial charge in [-0.05, 0) is 31.0 Å². The molecule has 1 aliphatic heterocycles. The fourth-order valence-electron chi connectivity index (χ4n) is 2.23. The average Bonchev–Trinajstić information content (AvgIpc) is 2.41. The van der Waals surface area contributed by atoms with E-state index in [1.165, 1.54) is 18.2 Å². The predicted octanol–water partition coefficient (Wildman–Crippen LogP) is 1.24. The summed E-state index contributed by atoms with van der Waals surface area (Å²) in [6.07, 6.45) is 1.47. The zero-order valence-electron chi connectivity index (χ0n) is 10.4. The molecule has 0 spiro atoms. The fourth-order valence-corrected chi connectivity index (χ4v) is 2.47. The molecule has 1 amide bonds. The number of thiocarbonyl (C=S) groups is 1. The fraction of sp³-hybridized carbons (Fsp3) is 0.385. The van der Waals surface area contributed by atoms with Gasteiger partial charge in [0.05, 0.1) is 10.6 Å². The number of nitrogens with zero attached hydrogens (tertiary/aromatic N) is 1. The van der Waals surface area contributed by atoms with Crippen molar-refractivity contribution >= 4 is 23.1 Å². The highest BCUT2D eigenvalue weighted by atomic mass is 32.1. The molecule has 0 radical (unpaired) electrons. The van der Waals surface area contributed by atoms with Gasteiger partial charge in [-0.25, -0.2) is 0 Å². The molecular weight excluding hydrogens is 264 g/mol. The molecule has 4 N–H and O–H groups in total. The Morgan fingerprint density at radius 2 is 1.95 bits per heavy atom. The second kappa shape index (κ2) is 5.44. The number of carbonyl (C=O) groups is 1. The van der Waals surface area contributed by atoms with Gasteiger partial charge in [0.25, 0.3) is 5.91 Å². The van der Waals surface area contributed by atoms with Crippen molar-refractivity contribution in [1.82, 2.24) is 4.90 Å². The Balaban J connectivity index is 2.09. The van der Waals surface area contributed by atoms with Crippen molar-refractivity contribution < 1.29 is 15.0 Å². The Hall–Kier alpha value is -1.82. The topological polar surface area (TPSA) is 86.8 Å². The first-order chi connectivity index (χ1) is 8.99. The van der Waals surface area contributed by atoms with Crippen LogP contribution in [0.15, 0.2) is 18.2 Å². The highest BCUT2D eigenvalue weighted by molar-refractivity contribution is 7.80. The molecule has 0 saturated carbocycles. The summed E-state index contributed by atoms with van der Waals surface area (Å²) < 4.78 is 0. The van der Waals surface area contributed by atoms with E-state index in [2.05, 4.69) is 0 Å². The molecule has 0 aromatic heterocycles. The summed E-state index contributed by atoms with van der Waals surface area (Å²) >= 11 is 4.95. The Kier molecular flexibility index (Phi) is 3.90. The number of likely N-dealkylation sites (tertiary alicyclic amines) is 1. The van der Waals surface area contributed by atoms with E-state index in [0.717, 1.165) is 12.8 Å². The molecule has 19 heavy (non-hydrogen) atoms. The van der Waals surface area contributed by atoms with Crippen molar-refractivity contribution in [2.75, 3.05) is 13.1 Å². The van der Waals surface area contributed by atoms with Gasteiger partial charge in [-0.3, -0.25) is 4.79 Å². The molecule has 6 heteroatoms. The molecule has 2 rings (SSSR count). The number of amides is 1. The highest BCUT2D eigenvalue weighted by Crippen LogP contribution is 2.26. The summed E-state index contributed by atoms with van der Waals surface area (Å²) in [5.74, 6) is -0.273. The summed E-state index contributed by atoms with van der Waals surface area (Å²) in [5, 5.41) is 19.1. The Morgan fingerprint density at radius 1 is 1.32 bits per heavy atom. The van der Waals surface area contributed by atoms with Gasteiger partial charge in [-0.1, -0.05) is 12.2 Å². The van der Waals surface area contributed by atoms with Crippen LogP contribution in [-0.4, -0.2) is 39.1 Å². The minimum absolute atomic E-state index is 0.0424. The zero-order chi connectivity index (χ0) is 14.0. The lowest BCUT2D eigenvalue weighted by Crippen LogP contribution is -2.41. The number of nitrogens with two attached hydrogens (primary N) is 1. The Morgan fingerprint density at radius 3 is 2.53 bits per heavy atom. The molecular formula is C13H16N2O3S. The molecule has 1 fully saturated rings. The number of hydrogen-bond acceptors (Lipinski definition) is 4. The van der Waals surface area contributed by atoms with Crippen LogP contribution in [-0.2, 0) is 0 Å². The number of benzene rings is 1. The van der Waals surface area contributed by atoms with Crippen LogP contribution in [0.4, 0.5) is 0 Å². The van der Waals surface area contributed by atoms with Gasteiger partial charge in [-0.2, -0.15) is 0 Å². The minimum Gasteiger partial charge on any atom is -0.508 e. The number of phenols is 2. The summed E-state index contributed by atoms with van der Waals surface area (Å²) in [7, 11) is 0. The third-order valence-electron chi connectivity index (χ3n) is 3.40. The second-order valence-corrected chi connectivity index (χ2v) is 5.14. The van der Waals surface area contributed by atoms with Crippen LogP contribution in [0, 0.1) is 5.92 Å². The number of piperidine rings is 1. The van der Waals surface area contributed by atoms with E-state index in [-0.39, 0.29) is 28.9 Å². The molecule has 5 nitrogen and oxygen atoms in total. The van der Waals surface area contributed by atoms with Crippen LogP contribution in [0.25, 0.3) is 0 Å². The van der Waals surface area contributed by atoms with E-state index < -0.39 is 0 Å². The average molecular weight is 280 g/mol. The van der Waals surface area contributed by atoms with Crippen LogP contribution in [0.2, 0.25) is 0 Å². The number of hydrogen-bond donors (Lipinski definition) is 3. The summed E-state index contributed by atoms with van der Waals surface area (Å²) in [4.78, 5) is 14.4. The van der Waals surface area contributed by atoms with Crippen molar-refractivity contribution in [3.63, 3.8) is 0 Å². The van der Waals surface area contributed by atoms with Gasteiger partial charge in [0.2, 0.25) is 0 Å². The lowest BCUT2D eigenvalue weighted by molar-refractivity contribution is 0.0707. The SMILES string of the molecule is NC(=S)C1CCN(C(=O)c2cc(O)ccc2O)CC1. The van der Waals surface area contributed by atoms with Crippen molar-refractivity contribution in [1.29, 1.82) is 0 Å². The van der Waals surface area contributed by atoms with Crippen molar-refractivity contribution in [2.45, 2.75) is 12.8 Å².